The first-order valence-electron chi connectivity index (χ1n) is 2.31. The number of alkyl halides is 4. The van der Waals surface area contributed by atoms with Crippen LogP contribution in [0, 0.1) is 0 Å². The van der Waals surface area contributed by atoms with Crippen molar-refractivity contribution in [1.29, 1.82) is 0 Å². The van der Waals surface area contributed by atoms with Crippen LogP contribution >= 0.6 is 46.4 Å². The van der Waals surface area contributed by atoms with E-state index in [1.165, 1.54) is 0 Å². The summed E-state index contributed by atoms with van der Waals surface area (Å²) < 4.78 is 1.04. The Morgan fingerprint density at radius 3 is 1.90 bits per heavy atom. The molecule has 0 N–H and O–H groups in total. The number of hydrogen-bond acceptors (Lipinski definition) is 2. The molecule has 0 spiro atoms. The van der Waals surface area contributed by atoms with Crippen LogP contribution in [0.4, 0.5) is 0 Å². The smallest absolute Gasteiger partial charge is 0.346 e. The van der Waals surface area contributed by atoms with E-state index in [1.807, 2.05) is 0 Å². The minimum atomic E-state index is -1.84. The fourth-order valence-electron chi connectivity index (χ4n) is 0.487. The zero-order valence-corrected chi connectivity index (χ0v) is 7.56. The maximum atomic E-state index is 10.7. The highest BCUT2D eigenvalue weighted by Gasteiger charge is 2.60. The molecule has 1 saturated heterocycles. The summed E-state index contributed by atoms with van der Waals surface area (Å²) in [7, 11) is 0. The number of ether oxygens (including phenoxy) is 1. The molecular formula is C4H2Cl4O2. The van der Waals surface area contributed by atoms with Crippen LogP contribution in [-0.2, 0) is 9.53 Å². The Kier molecular flexibility index (Phi) is 2.01. The summed E-state index contributed by atoms with van der Waals surface area (Å²) in [6.07, 6.45) is 0. The number of esters is 1. The predicted octanol–water partition coefficient (Wildman–Crippen LogP) is 1.89. The Hall–Kier alpha value is 0.630. The van der Waals surface area contributed by atoms with Gasteiger partial charge >= 0.3 is 5.97 Å². The van der Waals surface area contributed by atoms with Crippen molar-refractivity contribution in [3.63, 3.8) is 0 Å². The standard InChI is InChI=1S/C4H2Cl4O2/c5-3(6)1-10-2(9)4(3,7)8/h1H2. The van der Waals surface area contributed by atoms with Crippen LogP contribution in [-0.4, -0.2) is 21.2 Å². The fourth-order valence-corrected chi connectivity index (χ4v) is 0.968. The Morgan fingerprint density at radius 2 is 1.80 bits per heavy atom. The minimum Gasteiger partial charge on any atom is -0.460 e. The third-order valence-corrected chi connectivity index (χ3v) is 3.23. The first-order valence-corrected chi connectivity index (χ1v) is 3.82. The van der Waals surface area contributed by atoms with Crippen LogP contribution in [0.2, 0.25) is 0 Å². The second kappa shape index (κ2) is 2.31. The van der Waals surface area contributed by atoms with Crippen molar-refractivity contribution < 1.29 is 9.53 Å². The summed E-state index contributed by atoms with van der Waals surface area (Å²) in [5.41, 5.74) is 0. The van der Waals surface area contributed by atoms with Gasteiger partial charge in [0.15, 0.2) is 4.33 Å². The molecule has 0 aromatic rings. The molecule has 0 amide bonds. The van der Waals surface area contributed by atoms with E-state index in [4.69, 9.17) is 46.4 Å². The first-order chi connectivity index (χ1) is 4.38. The minimum absolute atomic E-state index is 0.179. The van der Waals surface area contributed by atoms with Crippen LogP contribution in [0.5, 0.6) is 0 Å². The van der Waals surface area contributed by atoms with Gasteiger partial charge < -0.3 is 4.74 Å². The topological polar surface area (TPSA) is 26.3 Å². The van der Waals surface area contributed by atoms with Crippen molar-refractivity contribution in [2.24, 2.45) is 0 Å². The average Bonchev–Trinajstić information content (AvgIpc) is 1.94. The largest absolute Gasteiger partial charge is 0.460 e. The highest BCUT2D eigenvalue weighted by molar-refractivity contribution is 6.69. The number of hydrogen-bond donors (Lipinski definition) is 0. The van der Waals surface area contributed by atoms with Gasteiger partial charge in [0.1, 0.15) is 6.61 Å². The molecule has 0 atom stereocenters. The van der Waals surface area contributed by atoms with Crippen LogP contribution < -0.4 is 0 Å². The number of halogens is 4. The summed E-state index contributed by atoms with van der Waals surface area (Å²) >= 11 is 21.9. The van der Waals surface area contributed by atoms with E-state index in [0.29, 0.717) is 0 Å². The molecule has 0 aromatic heterocycles. The van der Waals surface area contributed by atoms with Crippen LogP contribution in [0.1, 0.15) is 0 Å². The highest BCUT2D eigenvalue weighted by atomic mass is 35.5. The van der Waals surface area contributed by atoms with Gasteiger partial charge in [-0.15, -0.1) is 0 Å². The molecule has 1 aliphatic heterocycles. The van der Waals surface area contributed by atoms with E-state index in [9.17, 15) is 4.79 Å². The molecule has 1 aliphatic rings. The van der Waals surface area contributed by atoms with E-state index in [0.717, 1.165) is 0 Å². The molecule has 6 heteroatoms. The third-order valence-electron chi connectivity index (χ3n) is 1.10. The van der Waals surface area contributed by atoms with Gasteiger partial charge in [-0.3, -0.25) is 0 Å². The van der Waals surface area contributed by atoms with Crippen molar-refractivity contribution in [3.8, 4) is 0 Å². The molecule has 0 bridgehead atoms. The number of cyclic esters (lactones) is 1. The monoisotopic (exact) mass is 222 g/mol. The zero-order chi connectivity index (χ0) is 7.99. The lowest BCUT2D eigenvalue weighted by molar-refractivity contribution is -0.138. The second-order valence-electron chi connectivity index (χ2n) is 1.85. The zero-order valence-electron chi connectivity index (χ0n) is 4.54. The van der Waals surface area contributed by atoms with Crippen molar-refractivity contribution in [2.75, 3.05) is 6.61 Å². The summed E-state index contributed by atoms with van der Waals surface area (Å²) in [4.78, 5) is 10.7. The molecule has 1 rings (SSSR count). The van der Waals surface area contributed by atoms with E-state index in [2.05, 4.69) is 4.74 Å². The molecule has 10 heavy (non-hydrogen) atoms. The Morgan fingerprint density at radius 1 is 1.30 bits per heavy atom. The van der Waals surface area contributed by atoms with Gasteiger partial charge in [0.25, 0.3) is 0 Å². The van der Waals surface area contributed by atoms with Crippen LogP contribution in [0.25, 0.3) is 0 Å². The summed E-state index contributed by atoms with van der Waals surface area (Å²) in [5.74, 6) is -0.805. The van der Waals surface area contributed by atoms with Gasteiger partial charge in [-0.2, -0.15) is 0 Å². The molecule has 0 unspecified atom stereocenters. The van der Waals surface area contributed by atoms with Crippen molar-refractivity contribution in [2.45, 2.75) is 8.67 Å². The van der Waals surface area contributed by atoms with E-state index in [1.54, 1.807) is 0 Å². The highest BCUT2D eigenvalue weighted by Crippen LogP contribution is 2.47. The quantitative estimate of drug-likeness (QED) is 0.463. The molecule has 58 valence electrons. The lowest BCUT2D eigenvalue weighted by atomic mass is 10.3. The number of carbonyl (C=O) groups is 1. The van der Waals surface area contributed by atoms with Crippen LogP contribution in [0.15, 0.2) is 0 Å². The maximum absolute atomic E-state index is 10.7. The molecule has 1 fully saturated rings. The molecule has 1 heterocycles. The fraction of sp³-hybridized carbons (Fsp3) is 0.750. The predicted molar refractivity (Wildman–Crippen MR) is 39.8 cm³/mol. The number of carbonyl (C=O) groups excluding carboxylic acids is 1. The van der Waals surface area contributed by atoms with E-state index in [-0.39, 0.29) is 6.61 Å². The second-order valence-corrected chi connectivity index (χ2v) is 4.67. The summed E-state index contributed by atoms with van der Waals surface area (Å²) in [5, 5.41) is 0. The lowest BCUT2D eigenvalue weighted by Gasteiger charge is -2.17. The molecule has 0 radical (unpaired) electrons. The van der Waals surface area contributed by atoms with Crippen LogP contribution in [0.3, 0.4) is 0 Å². The molecule has 0 aliphatic carbocycles. The van der Waals surface area contributed by atoms with Crippen molar-refractivity contribution in [3.05, 3.63) is 0 Å². The van der Waals surface area contributed by atoms with Crippen molar-refractivity contribution in [1.82, 2.24) is 0 Å². The lowest BCUT2D eigenvalue weighted by Crippen LogP contribution is -2.36. The van der Waals surface area contributed by atoms with E-state index < -0.39 is 14.6 Å². The van der Waals surface area contributed by atoms with E-state index >= 15 is 0 Å². The summed E-state index contributed by atoms with van der Waals surface area (Å²) in [6, 6.07) is 0. The molecule has 0 saturated carbocycles. The third kappa shape index (κ3) is 1.07. The Balaban J connectivity index is 2.95. The molecule has 0 aromatic carbocycles. The SMILES string of the molecule is O=C1OCC(Cl)(Cl)C1(Cl)Cl. The molecular weight excluding hydrogens is 222 g/mol. The average molecular weight is 224 g/mol. The summed E-state index contributed by atoms with van der Waals surface area (Å²) in [6.45, 7) is -0.179. The van der Waals surface area contributed by atoms with Gasteiger partial charge in [-0.25, -0.2) is 4.79 Å². The Bertz CT molecular complexity index is 176. The Labute approximate surface area is 77.3 Å². The molecule has 2 nitrogen and oxygen atoms in total. The van der Waals surface area contributed by atoms with Crippen molar-refractivity contribution >= 4 is 52.4 Å². The van der Waals surface area contributed by atoms with Gasteiger partial charge in [0.05, 0.1) is 0 Å². The van der Waals surface area contributed by atoms with Gasteiger partial charge in [0, 0.05) is 0 Å². The normalized spacial score (nSPS) is 28.2. The maximum Gasteiger partial charge on any atom is 0.346 e. The van der Waals surface area contributed by atoms with Gasteiger partial charge in [-0.1, -0.05) is 46.4 Å². The number of rotatable bonds is 0. The van der Waals surface area contributed by atoms with Gasteiger partial charge in [-0.05, 0) is 0 Å². The first kappa shape index (κ1) is 8.72. The van der Waals surface area contributed by atoms with Gasteiger partial charge in [0.2, 0.25) is 4.33 Å².